The van der Waals surface area contributed by atoms with Gasteiger partial charge in [0, 0.05) is 0 Å². The molecule has 0 unspecified atom stereocenters. The van der Waals surface area contributed by atoms with Gasteiger partial charge in [-0.15, -0.1) is 5.11 Å². The topological polar surface area (TPSA) is 126 Å². The van der Waals surface area contributed by atoms with Gasteiger partial charge in [-0.3, -0.25) is 4.55 Å². The molecule has 9 heteroatoms. The Morgan fingerprint density at radius 3 is 2.32 bits per heavy atom. The van der Waals surface area contributed by atoms with E-state index in [4.69, 9.17) is 9.66 Å². The first kappa shape index (κ1) is 14.8. The molecule has 8 nitrogen and oxygen atoms in total. The second kappa shape index (κ2) is 6.07. The predicted octanol–water partition coefficient (Wildman–Crippen LogP) is 1.59. The molecular weight excluding hydrogens is 276 g/mol. The zero-order valence-corrected chi connectivity index (χ0v) is 10.5. The van der Waals surface area contributed by atoms with E-state index in [0.717, 1.165) is 19.2 Å². The predicted molar refractivity (Wildman–Crippen MR) is 63.5 cm³/mol. The summed E-state index contributed by atoms with van der Waals surface area (Å²) in [7, 11) is -3.16. The molecule has 0 radical (unpaired) electrons. The van der Waals surface area contributed by atoms with E-state index >= 15 is 0 Å². The number of ether oxygens (including phenoxy) is 1. The van der Waals surface area contributed by atoms with E-state index in [9.17, 15) is 13.2 Å². The quantitative estimate of drug-likeness (QED) is 0.284. The maximum atomic E-state index is 11.0. The molecule has 0 aliphatic carbocycles. The molecule has 2 N–H and O–H groups in total. The Balaban J connectivity index is 2.92. The summed E-state index contributed by atoms with van der Waals surface area (Å²) in [6.07, 6.45) is 0.432. The lowest BCUT2D eigenvalue weighted by Gasteiger charge is -1.98. The zero-order chi connectivity index (χ0) is 14.5. The number of hydrogen-bond acceptors (Lipinski definition) is 7. The van der Waals surface area contributed by atoms with Gasteiger partial charge in [0.05, 0.1) is 17.7 Å². The minimum Gasteiger partial charge on any atom is -0.513 e. The van der Waals surface area contributed by atoms with Crippen molar-refractivity contribution in [3.05, 3.63) is 36.2 Å². The van der Waals surface area contributed by atoms with Crippen molar-refractivity contribution in [3.8, 4) is 0 Å². The van der Waals surface area contributed by atoms with Crippen LogP contribution >= 0.6 is 0 Å². The van der Waals surface area contributed by atoms with E-state index < -0.39 is 21.8 Å². The van der Waals surface area contributed by atoms with E-state index in [1.807, 2.05) is 0 Å². The standard InChI is InChI=1S/C10H10N2O6S/c1-18-10(14)9(6-13)12-11-7-2-4-8(5-3-7)19(15,16)17/h2-6,13H,1H3,(H,15,16,17). The van der Waals surface area contributed by atoms with Crippen molar-refractivity contribution in [2.45, 2.75) is 4.90 Å². The minimum absolute atomic E-state index is 0.218. The second-order valence-electron chi connectivity index (χ2n) is 3.17. The monoisotopic (exact) mass is 286 g/mol. The molecule has 0 saturated heterocycles. The first-order valence-corrected chi connectivity index (χ1v) is 6.24. The van der Waals surface area contributed by atoms with Crippen LogP contribution in [-0.4, -0.2) is 31.2 Å². The number of aliphatic hydroxyl groups is 1. The van der Waals surface area contributed by atoms with Gasteiger partial charge < -0.3 is 9.84 Å². The normalized spacial score (nSPS) is 12.6. The van der Waals surface area contributed by atoms with Gasteiger partial charge in [-0.25, -0.2) is 4.79 Å². The lowest BCUT2D eigenvalue weighted by molar-refractivity contribution is -0.136. The maximum Gasteiger partial charge on any atom is 0.361 e. The van der Waals surface area contributed by atoms with Gasteiger partial charge >= 0.3 is 5.97 Å². The van der Waals surface area contributed by atoms with Crippen LogP contribution in [0, 0.1) is 0 Å². The molecule has 19 heavy (non-hydrogen) atoms. The average Bonchev–Trinajstić information content (AvgIpc) is 2.38. The molecule has 0 fully saturated rings. The molecule has 1 aromatic rings. The van der Waals surface area contributed by atoms with Gasteiger partial charge in [-0.1, -0.05) is 0 Å². The van der Waals surface area contributed by atoms with Gasteiger partial charge in [0.15, 0.2) is 0 Å². The number of carbonyl (C=O) groups is 1. The highest BCUT2D eigenvalue weighted by molar-refractivity contribution is 7.85. The Morgan fingerprint density at radius 1 is 1.32 bits per heavy atom. The van der Waals surface area contributed by atoms with Crippen LogP contribution in [0.4, 0.5) is 5.69 Å². The first-order valence-electron chi connectivity index (χ1n) is 4.80. The molecule has 0 aliphatic rings. The molecule has 0 heterocycles. The van der Waals surface area contributed by atoms with Crippen molar-refractivity contribution in [2.24, 2.45) is 10.2 Å². The fraction of sp³-hybridized carbons (Fsp3) is 0.100. The van der Waals surface area contributed by atoms with E-state index in [2.05, 4.69) is 15.0 Å². The van der Waals surface area contributed by atoms with Gasteiger partial charge in [0.1, 0.15) is 6.26 Å². The van der Waals surface area contributed by atoms with Gasteiger partial charge in [0.2, 0.25) is 5.70 Å². The van der Waals surface area contributed by atoms with Crippen LogP contribution in [0.2, 0.25) is 0 Å². The molecule has 1 rings (SSSR count). The van der Waals surface area contributed by atoms with Crippen LogP contribution in [-0.2, 0) is 19.6 Å². The number of esters is 1. The largest absolute Gasteiger partial charge is 0.513 e. The molecule has 0 spiro atoms. The van der Waals surface area contributed by atoms with Crippen LogP contribution in [0.1, 0.15) is 0 Å². The van der Waals surface area contributed by atoms with E-state index in [0.29, 0.717) is 6.26 Å². The summed E-state index contributed by atoms with van der Waals surface area (Å²) >= 11 is 0. The minimum atomic E-state index is -4.27. The Kier molecular flexibility index (Phi) is 4.73. The van der Waals surface area contributed by atoms with E-state index in [-0.39, 0.29) is 10.6 Å². The third-order valence-corrected chi connectivity index (χ3v) is 2.79. The average molecular weight is 286 g/mol. The van der Waals surface area contributed by atoms with E-state index in [1.165, 1.54) is 12.1 Å². The van der Waals surface area contributed by atoms with Crippen molar-refractivity contribution in [1.29, 1.82) is 0 Å². The smallest absolute Gasteiger partial charge is 0.361 e. The molecule has 0 aromatic heterocycles. The fourth-order valence-electron chi connectivity index (χ4n) is 1.02. The second-order valence-corrected chi connectivity index (χ2v) is 4.60. The Labute approximate surface area is 108 Å². The Bertz CT molecular complexity index is 618. The lowest BCUT2D eigenvalue weighted by atomic mass is 10.3. The summed E-state index contributed by atoms with van der Waals surface area (Å²) < 4.78 is 34.6. The number of azo groups is 1. The summed E-state index contributed by atoms with van der Waals surface area (Å²) in [5, 5.41) is 15.7. The molecule has 0 atom stereocenters. The van der Waals surface area contributed by atoms with Crippen molar-refractivity contribution in [2.75, 3.05) is 7.11 Å². The maximum absolute atomic E-state index is 11.0. The molecule has 0 aliphatic heterocycles. The summed E-state index contributed by atoms with van der Waals surface area (Å²) in [4.78, 5) is 10.7. The van der Waals surface area contributed by atoms with Gasteiger partial charge in [-0.05, 0) is 24.3 Å². The van der Waals surface area contributed by atoms with Gasteiger partial charge in [0.25, 0.3) is 10.1 Å². The third kappa shape index (κ3) is 4.16. The highest BCUT2D eigenvalue weighted by atomic mass is 32.2. The van der Waals surface area contributed by atoms with Crippen molar-refractivity contribution in [1.82, 2.24) is 0 Å². The van der Waals surface area contributed by atoms with Crippen LogP contribution in [0.3, 0.4) is 0 Å². The number of nitrogens with zero attached hydrogens (tertiary/aromatic N) is 2. The molecule has 102 valence electrons. The summed E-state index contributed by atoms with van der Waals surface area (Å²) in [5.41, 5.74) is -0.197. The molecule has 0 bridgehead atoms. The lowest BCUT2D eigenvalue weighted by Crippen LogP contribution is -2.02. The third-order valence-electron chi connectivity index (χ3n) is 1.92. The SMILES string of the molecule is COC(=O)C(=CO)N=Nc1ccc(S(=O)(=O)O)cc1. The number of benzene rings is 1. The summed E-state index contributed by atoms with van der Waals surface area (Å²) in [6, 6.07) is 4.76. The Hall–Kier alpha value is -2.26. The highest BCUT2D eigenvalue weighted by Gasteiger charge is 2.10. The van der Waals surface area contributed by atoms with Crippen LogP contribution in [0.15, 0.2) is 51.3 Å². The highest BCUT2D eigenvalue weighted by Crippen LogP contribution is 2.17. The fourth-order valence-corrected chi connectivity index (χ4v) is 1.50. The van der Waals surface area contributed by atoms with Crippen molar-refractivity contribution in [3.63, 3.8) is 0 Å². The number of aliphatic hydroxyl groups excluding tert-OH is 1. The molecular formula is C10H10N2O6S. The van der Waals surface area contributed by atoms with Crippen molar-refractivity contribution >= 4 is 21.8 Å². The number of carbonyl (C=O) groups excluding carboxylic acids is 1. The summed E-state index contributed by atoms with van der Waals surface area (Å²) in [6.45, 7) is 0. The molecule has 0 amide bonds. The first-order chi connectivity index (χ1) is 8.88. The number of methoxy groups -OCH3 is 1. The molecule has 0 saturated carbocycles. The van der Waals surface area contributed by atoms with Crippen LogP contribution < -0.4 is 0 Å². The molecule has 1 aromatic carbocycles. The number of hydrogen-bond donors (Lipinski definition) is 2. The van der Waals surface area contributed by atoms with Crippen molar-refractivity contribution < 1.29 is 27.6 Å². The number of rotatable bonds is 4. The van der Waals surface area contributed by atoms with Gasteiger partial charge in [-0.2, -0.15) is 13.5 Å². The van der Waals surface area contributed by atoms with Crippen LogP contribution in [0.5, 0.6) is 0 Å². The zero-order valence-electron chi connectivity index (χ0n) is 9.72. The van der Waals surface area contributed by atoms with E-state index in [1.54, 1.807) is 0 Å². The summed E-state index contributed by atoms with van der Waals surface area (Å²) in [5.74, 6) is -0.874. The van der Waals surface area contributed by atoms with Crippen LogP contribution in [0.25, 0.3) is 0 Å². The Morgan fingerprint density at radius 2 is 1.89 bits per heavy atom.